The van der Waals surface area contributed by atoms with Gasteiger partial charge in [-0.2, -0.15) is 0 Å². The van der Waals surface area contributed by atoms with E-state index in [-0.39, 0.29) is 18.3 Å². The number of ether oxygens (including phenoxy) is 2. The van der Waals surface area contributed by atoms with Crippen LogP contribution in [-0.2, 0) is 4.79 Å². The Hall–Kier alpha value is -2.76. The summed E-state index contributed by atoms with van der Waals surface area (Å²) in [5, 5.41) is 5.57. The zero-order chi connectivity index (χ0) is 15.9. The highest BCUT2D eigenvalue weighted by molar-refractivity contribution is 5.94. The molecule has 0 aliphatic heterocycles. The van der Waals surface area contributed by atoms with Gasteiger partial charge in [-0.3, -0.25) is 4.79 Å². The van der Waals surface area contributed by atoms with Crippen molar-refractivity contribution in [2.24, 2.45) is 0 Å². The first-order valence-electron chi connectivity index (χ1n) is 6.63. The van der Waals surface area contributed by atoms with Crippen LogP contribution in [0.5, 0.6) is 11.5 Å². The Morgan fingerprint density at radius 2 is 1.73 bits per heavy atom. The molecular weight excluding hydrogens is 287 g/mol. The fourth-order valence-electron chi connectivity index (χ4n) is 1.87. The molecule has 0 aliphatic rings. The van der Waals surface area contributed by atoms with E-state index >= 15 is 0 Å². The first kappa shape index (κ1) is 15.6. The molecule has 0 radical (unpaired) electrons. The number of anilines is 2. The first-order valence-corrected chi connectivity index (χ1v) is 6.63. The SMILES string of the molecule is COc1cc(NC(=O)CNc2cccc(F)c2)cc(OC)c1. The average Bonchev–Trinajstić information content (AvgIpc) is 2.52. The molecule has 22 heavy (non-hydrogen) atoms. The Morgan fingerprint density at radius 1 is 1.05 bits per heavy atom. The molecule has 1 amide bonds. The number of carbonyl (C=O) groups is 1. The standard InChI is InChI=1S/C16H17FN2O3/c1-21-14-7-13(8-15(9-14)22-2)19-16(20)10-18-12-5-3-4-11(17)6-12/h3-9,18H,10H2,1-2H3,(H,19,20). The Labute approximate surface area is 128 Å². The van der Waals surface area contributed by atoms with Gasteiger partial charge in [0.2, 0.25) is 5.91 Å². The van der Waals surface area contributed by atoms with Crippen LogP contribution in [0.2, 0.25) is 0 Å². The summed E-state index contributed by atoms with van der Waals surface area (Å²) in [6.45, 7) is 0.0168. The van der Waals surface area contributed by atoms with Gasteiger partial charge in [0.05, 0.1) is 20.8 Å². The van der Waals surface area contributed by atoms with Crippen molar-refractivity contribution in [2.75, 3.05) is 31.4 Å². The van der Waals surface area contributed by atoms with E-state index in [2.05, 4.69) is 10.6 Å². The quantitative estimate of drug-likeness (QED) is 0.861. The predicted molar refractivity (Wildman–Crippen MR) is 83.1 cm³/mol. The van der Waals surface area contributed by atoms with Crippen LogP contribution in [0.25, 0.3) is 0 Å². The van der Waals surface area contributed by atoms with Crippen LogP contribution in [0.3, 0.4) is 0 Å². The van der Waals surface area contributed by atoms with Crippen molar-refractivity contribution in [2.45, 2.75) is 0 Å². The van der Waals surface area contributed by atoms with Crippen LogP contribution in [0, 0.1) is 5.82 Å². The molecule has 5 nitrogen and oxygen atoms in total. The second-order valence-corrected chi connectivity index (χ2v) is 4.51. The summed E-state index contributed by atoms with van der Waals surface area (Å²) in [6.07, 6.45) is 0. The van der Waals surface area contributed by atoms with Gasteiger partial charge in [-0.1, -0.05) is 6.07 Å². The maximum absolute atomic E-state index is 13.0. The molecule has 0 saturated heterocycles. The fraction of sp³-hybridized carbons (Fsp3) is 0.188. The molecule has 2 aromatic rings. The fourth-order valence-corrected chi connectivity index (χ4v) is 1.87. The second-order valence-electron chi connectivity index (χ2n) is 4.51. The summed E-state index contributed by atoms with van der Waals surface area (Å²) in [4.78, 5) is 11.9. The van der Waals surface area contributed by atoms with E-state index in [0.717, 1.165) is 0 Å². The van der Waals surface area contributed by atoms with Crippen molar-refractivity contribution < 1.29 is 18.7 Å². The normalized spacial score (nSPS) is 9.95. The third-order valence-corrected chi connectivity index (χ3v) is 2.91. The number of amides is 1. The second kappa shape index (κ2) is 7.31. The number of nitrogens with one attached hydrogen (secondary N) is 2. The van der Waals surface area contributed by atoms with Crippen LogP contribution in [-0.4, -0.2) is 26.7 Å². The number of hydrogen-bond donors (Lipinski definition) is 2. The van der Waals surface area contributed by atoms with Crippen molar-refractivity contribution in [1.82, 2.24) is 0 Å². The Morgan fingerprint density at radius 3 is 2.32 bits per heavy atom. The highest BCUT2D eigenvalue weighted by Crippen LogP contribution is 2.25. The van der Waals surface area contributed by atoms with Crippen molar-refractivity contribution in [3.63, 3.8) is 0 Å². The molecule has 0 bridgehead atoms. The van der Waals surface area contributed by atoms with Crippen LogP contribution in [0.1, 0.15) is 0 Å². The Bertz CT molecular complexity index is 639. The summed E-state index contributed by atoms with van der Waals surface area (Å²) in [6, 6.07) is 11.0. The maximum atomic E-state index is 13.0. The van der Waals surface area contributed by atoms with Gasteiger partial charge < -0.3 is 20.1 Å². The number of rotatable bonds is 6. The lowest BCUT2D eigenvalue weighted by molar-refractivity contribution is -0.114. The molecule has 0 atom stereocenters. The van der Waals surface area contributed by atoms with Crippen molar-refractivity contribution in [3.8, 4) is 11.5 Å². The molecule has 0 aromatic heterocycles. The largest absolute Gasteiger partial charge is 0.497 e. The third-order valence-electron chi connectivity index (χ3n) is 2.91. The summed E-state index contributed by atoms with van der Waals surface area (Å²) in [5.74, 6) is 0.531. The van der Waals surface area contributed by atoms with E-state index in [4.69, 9.17) is 9.47 Å². The van der Waals surface area contributed by atoms with Crippen molar-refractivity contribution >= 4 is 17.3 Å². The van der Waals surface area contributed by atoms with E-state index in [1.165, 1.54) is 26.4 Å². The van der Waals surface area contributed by atoms with Crippen LogP contribution in [0.4, 0.5) is 15.8 Å². The van der Waals surface area contributed by atoms with Gasteiger partial charge in [0.1, 0.15) is 17.3 Å². The molecule has 0 heterocycles. The van der Waals surface area contributed by atoms with Crippen LogP contribution in [0.15, 0.2) is 42.5 Å². The van der Waals surface area contributed by atoms with E-state index in [0.29, 0.717) is 22.9 Å². The average molecular weight is 304 g/mol. The topological polar surface area (TPSA) is 59.6 Å². The summed E-state index contributed by atoms with van der Waals surface area (Å²) < 4.78 is 23.3. The molecule has 0 fully saturated rings. The molecule has 2 rings (SSSR count). The van der Waals surface area contributed by atoms with Gasteiger partial charge in [0.15, 0.2) is 0 Å². The third kappa shape index (κ3) is 4.37. The Kier molecular flexibility index (Phi) is 5.19. The molecule has 116 valence electrons. The lowest BCUT2D eigenvalue weighted by atomic mass is 10.2. The Balaban J connectivity index is 1.97. The molecule has 0 aliphatic carbocycles. The lowest BCUT2D eigenvalue weighted by Gasteiger charge is -2.11. The predicted octanol–water partition coefficient (Wildman–Crippen LogP) is 2.89. The first-order chi connectivity index (χ1) is 10.6. The minimum atomic E-state index is -0.358. The molecule has 2 N–H and O–H groups in total. The van der Waals surface area contributed by atoms with Crippen LogP contribution >= 0.6 is 0 Å². The summed E-state index contributed by atoms with van der Waals surface area (Å²) in [7, 11) is 3.07. The van der Waals surface area contributed by atoms with Crippen molar-refractivity contribution in [3.05, 3.63) is 48.3 Å². The zero-order valence-corrected chi connectivity index (χ0v) is 12.4. The number of carbonyl (C=O) groups excluding carboxylic acids is 1. The van der Waals surface area contributed by atoms with E-state index in [9.17, 15) is 9.18 Å². The summed E-state index contributed by atoms with van der Waals surface area (Å²) in [5.41, 5.74) is 1.10. The molecule has 0 unspecified atom stereocenters. The smallest absolute Gasteiger partial charge is 0.243 e. The van der Waals surface area contributed by atoms with E-state index in [1.54, 1.807) is 30.3 Å². The lowest BCUT2D eigenvalue weighted by Crippen LogP contribution is -2.21. The highest BCUT2D eigenvalue weighted by atomic mass is 19.1. The monoisotopic (exact) mass is 304 g/mol. The van der Waals surface area contributed by atoms with Crippen LogP contribution < -0.4 is 20.1 Å². The van der Waals surface area contributed by atoms with E-state index in [1.807, 2.05) is 0 Å². The number of hydrogen-bond acceptors (Lipinski definition) is 4. The molecule has 0 spiro atoms. The van der Waals surface area contributed by atoms with E-state index < -0.39 is 0 Å². The van der Waals surface area contributed by atoms with Crippen molar-refractivity contribution in [1.29, 1.82) is 0 Å². The summed E-state index contributed by atoms with van der Waals surface area (Å²) >= 11 is 0. The van der Waals surface area contributed by atoms with Gasteiger partial charge >= 0.3 is 0 Å². The zero-order valence-electron chi connectivity index (χ0n) is 12.4. The maximum Gasteiger partial charge on any atom is 0.243 e. The highest BCUT2D eigenvalue weighted by Gasteiger charge is 2.06. The van der Waals surface area contributed by atoms with Gasteiger partial charge in [-0.15, -0.1) is 0 Å². The number of benzene rings is 2. The van der Waals surface area contributed by atoms with Gasteiger partial charge in [-0.05, 0) is 18.2 Å². The van der Waals surface area contributed by atoms with Gasteiger partial charge in [-0.25, -0.2) is 4.39 Å². The number of methoxy groups -OCH3 is 2. The van der Waals surface area contributed by atoms with Gasteiger partial charge in [0.25, 0.3) is 0 Å². The number of halogens is 1. The molecule has 0 saturated carbocycles. The minimum Gasteiger partial charge on any atom is -0.497 e. The van der Waals surface area contributed by atoms with Gasteiger partial charge in [0, 0.05) is 29.6 Å². The molecular formula is C16H17FN2O3. The molecule has 2 aromatic carbocycles. The minimum absolute atomic E-state index is 0.0168. The molecule has 6 heteroatoms.